The normalized spacial score (nSPS) is 18.0. The number of hydrogen-bond donors (Lipinski definition) is 1. The molecular weight excluding hydrogens is 372 g/mol. The maximum absolute atomic E-state index is 12.3. The van der Waals surface area contributed by atoms with Crippen molar-refractivity contribution in [3.05, 3.63) is 40.5 Å². The highest BCUT2D eigenvalue weighted by atomic mass is 35.5. The predicted molar refractivity (Wildman–Crippen MR) is 92.0 cm³/mol. The van der Waals surface area contributed by atoms with Crippen molar-refractivity contribution in [1.29, 1.82) is 0 Å². The molecule has 1 atom stereocenters. The minimum absolute atomic E-state index is 0.122. The lowest BCUT2D eigenvalue weighted by molar-refractivity contribution is 0.166. The first-order valence-corrected chi connectivity index (χ1v) is 10.1. The van der Waals surface area contributed by atoms with E-state index in [1.807, 2.05) is 0 Å². The molecule has 0 aliphatic carbocycles. The summed E-state index contributed by atoms with van der Waals surface area (Å²) in [5, 5.41) is 0. The van der Waals surface area contributed by atoms with Gasteiger partial charge in [0.1, 0.15) is 9.96 Å². The molecule has 2 aromatic heterocycles. The number of thiophene rings is 1. The average molecular weight is 389 g/mol. The van der Waals surface area contributed by atoms with Crippen LogP contribution in [0.3, 0.4) is 0 Å². The highest BCUT2D eigenvalue weighted by molar-refractivity contribution is 7.91. The molecule has 1 aliphatic heterocycles. The van der Waals surface area contributed by atoms with Crippen LogP contribution in [-0.4, -0.2) is 33.2 Å². The molecule has 0 aromatic carbocycles. The van der Waals surface area contributed by atoms with Crippen molar-refractivity contribution < 1.29 is 17.9 Å². The SMILES string of the molecule is O=S(=O)(NCc1ccncc1OCC1CCOC1)c1ccc(Cl)s1. The third-order valence-electron chi connectivity index (χ3n) is 3.63. The summed E-state index contributed by atoms with van der Waals surface area (Å²) in [6, 6.07) is 4.79. The van der Waals surface area contributed by atoms with Crippen molar-refractivity contribution >= 4 is 33.0 Å². The van der Waals surface area contributed by atoms with E-state index in [1.54, 1.807) is 24.5 Å². The van der Waals surface area contributed by atoms with Crippen LogP contribution in [0.15, 0.2) is 34.8 Å². The number of hydrogen-bond acceptors (Lipinski definition) is 6. The quantitative estimate of drug-likeness (QED) is 0.789. The fourth-order valence-corrected chi connectivity index (χ4v) is 4.83. The molecule has 0 amide bonds. The van der Waals surface area contributed by atoms with Crippen LogP contribution in [0.2, 0.25) is 4.34 Å². The van der Waals surface area contributed by atoms with Gasteiger partial charge in [0.15, 0.2) is 0 Å². The molecular formula is C15H17ClN2O4S2. The van der Waals surface area contributed by atoms with Gasteiger partial charge in [0.2, 0.25) is 10.0 Å². The molecule has 1 N–H and O–H groups in total. The van der Waals surface area contributed by atoms with Crippen LogP contribution in [0.4, 0.5) is 0 Å². The lowest BCUT2D eigenvalue weighted by Crippen LogP contribution is -2.23. The van der Waals surface area contributed by atoms with Gasteiger partial charge < -0.3 is 9.47 Å². The van der Waals surface area contributed by atoms with Gasteiger partial charge in [-0.15, -0.1) is 11.3 Å². The Bertz CT molecular complexity index is 788. The molecule has 0 bridgehead atoms. The smallest absolute Gasteiger partial charge is 0.250 e. The van der Waals surface area contributed by atoms with Crippen LogP contribution in [0.5, 0.6) is 5.75 Å². The third-order valence-corrected chi connectivity index (χ3v) is 6.76. The van der Waals surface area contributed by atoms with Crippen LogP contribution in [0.1, 0.15) is 12.0 Å². The maximum atomic E-state index is 12.3. The zero-order valence-electron chi connectivity index (χ0n) is 12.8. The zero-order valence-corrected chi connectivity index (χ0v) is 15.2. The van der Waals surface area contributed by atoms with E-state index in [0.29, 0.717) is 29.2 Å². The molecule has 3 heterocycles. The van der Waals surface area contributed by atoms with Crippen molar-refractivity contribution in [2.24, 2.45) is 5.92 Å². The molecule has 130 valence electrons. The molecule has 9 heteroatoms. The third kappa shape index (κ3) is 4.46. The number of ether oxygens (including phenoxy) is 2. The minimum atomic E-state index is -3.60. The van der Waals surface area contributed by atoms with Gasteiger partial charge in [0.05, 0.1) is 23.7 Å². The van der Waals surface area contributed by atoms with Gasteiger partial charge in [-0.25, -0.2) is 13.1 Å². The summed E-state index contributed by atoms with van der Waals surface area (Å²) in [4.78, 5) is 4.05. The van der Waals surface area contributed by atoms with Crippen molar-refractivity contribution in [2.45, 2.75) is 17.2 Å². The van der Waals surface area contributed by atoms with Crippen LogP contribution in [0, 0.1) is 5.92 Å². The first-order valence-electron chi connectivity index (χ1n) is 7.43. The second-order valence-electron chi connectivity index (χ2n) is 5.41. The predicted octanol–water partition coefficient (Wildman–Crippen LogP) is 2.69. The highest BCUT2D eigenvalue weighted by Gasteiger charge is 2.19. The highest BCUT2D eigenvalue weighted by Crippen LogP contribution is 2.26. The Balaban J connectivity index is 1.64. The van der Waals surface area contributed by atoms with Gasteiger partial charge in [-0.3, -0.25) is 4.98 Å². The molecule has 1 unspecified atom stereocenters. The maximum Gasteiger partial charge on any atom is 0.250 e. The Morgan fingerprint density at radius 3 is 3.00 bits per heavy atom. The van der Waals surface area contributed by atoms with Crippen molar-refractivity contribution in [3.63, 3.8) is 0 Å². The van der Waals surface area contributed by atoms with Crippen LogP contribution in [-0.2, 0) is 21.3 Å². The molecule has 1 fully saturated rings. The van der Waals surface area contributed by atoms with E-state index in [4.69, 9.17) is 21.1 Å². The average Bonchev–Trinajstić information content (AvgIpc) is 3.23. The molecule has 24 heavy (non-hydrogen) atoms. The van der Waals surface area contributed by atoms with Crippen LogP contribution < -0.4 is 9.46 Å². The van der Waals surface area contributed by atoms with Crippen molar-refractivity contribution in [1.82, 2.24) is 9.71 Å². The Morgan fingerprint density at radius 2 is 2.29 bits per heavy atom. The number of pyridine rings is 1. The summed E-state index contributed by atoms with van der Waals surface area (Å²) in [6.07, 6.45) is 4.18. The first-order chi connectivity index (χ1) is 11.5. The van der Waals surface area contributed by atoms with E-state index in [2.05, 4.69) is 9.71 Å². The number of rotatable bonds is 7. The topological polar surface area (TPSA) is 77.5 Å². The van der Waals surface area contributed by atoms with Crippen LogP contribution >= 0.6 is 22.9 Å². The number of nitrogens with zero attached hydrogens (tertiary/aromatic N) is 1. The second kappa shape index (κ2) is 7.79. The molecule has 0 spiro atoms. The Labute approximate surface area is 149 Å². The number of sulfonamides is 1. The minimum Gasteiger partial charge on any atom is -0.491 e. The van der Waals surface area contributed by atoms with Gasteiger partial charge in [-0.2, -0.15) is 0 Å². The van der Waals surface area contributed by atoms with E-state index in [9.17, 15) is 8.42 Å². The lowest BCUT2D eigenvalue weighted by atomic mass is 10.1. The van der Waals surface area contributed by atoms with Crippen molar-refractivity contribution in [3.8, 4) is 5.75 Å². The number of aromatic nitrogens is 1. The second-order valence-corrected chi connectivity index (χ2v) is 9.12. The summed E-state index contributed by atoms with van der Waals surface area (Å²) in [5.41, 5.74) is 0.732. The molecule has 0 saturated carbocycles. The van der Waals surface area contributed by atoms with E-state index in [-0.39, 0.29) is 10.8 Å². The van der Waals surface area contributed by atoms with Gasteiger partial charge in [0.25, 0.3) is 0 Å². The van der Waals surface area contributed by atoms with Crippen LogP contribution in [0.25, 0.3) is 0 Å². The van der Waals surface area contributed by atoms with E-state index >= 15 is 0 Å². The number of halogens is 1. The molecule has 1 saturated heterocycles. The van der Waals surface area contributed by atoms with E-state index in [0.717, 1.165) is 29.9 Å². The van der Waals surface area contributed by atoms with E-state index in [1.165, 1.54) is 6.07 Å². The Kier molecular flexibility index (Phi) is 5.72. The largest absolute Gasteiger partial charge is 0.491 e. The zero-order chi connectivity index (χ0) is 17.0. The molecule has 0 radical (unpaired) electrons. The fraction of sp³-hybridized carbons (Fsp3) is 0.400. The monoisotopic (exact) mass is 388 g/mol. The first kappa shape index (κ1) is 17.6. The molecule has 6 nitrogen and oxygen atoms in total. The summed E-state index contributed by atoms with van der Waals surface area (Å²) < 4.78 is 38.8. The fourth-order valence-electron chi connectivity index (χ4n) is 2.29. The summed E-state index contributed by atoms with van der Waals surface area (Å²) in [7, 11) is -3.60. The Hall–Kier alpha value is -1.19. The van der Waals surface area contributed by atoms with Gasteiger partial charge in [-0.05, 0) is 24.6 Å². The summed E-state index contributed by atoms with van der Waals surface area (Å²) in [5.74, 6) is 0.944. The summed E-state index contributed by atoms with van der Waals surface area (Å²) >= 11 is 6.82. The standard InChI is InChI=1S/C15H17ClN2O4S2/c16-14-1-2-15(23-14)24(19,20)18-7-12-3-5-17-8-13(12)22-10-11-4-6-21-9-11/h1-3,5,8,11,18H,4,6-7,9-10H2. The van der Waals surface area contributed by atoms with Gasteiger partial charge >= 0.3 is 0 Å². The van der Waals surface area contributed by atoms with E-state index < -0.39 is 10.0 Å². The van der Waals surface area contributed by atoms with Gasteiger partial charge in [-0.1, -0.05) is 11.6 Å². The van der Waals surface area contributed by atoms with Gasteiger partial charge in [0, 0.05) is 30.8 Å². The molecule has 3 rings (SSSR count). The summed E-state index contributed by atoms with van der Waals surface area (Å²) in [6.45, 7) is 2.11. The molecule has 1 aliphatic rings. The molecule has 2 aromatic rings. The lowest BCUT2D eigenvalue weighted by Gasteiger charge is -2.14. The number of nitrogens with one attached hydrogen (secondary N) is 1. The Morgan fingerprint density at radius 1 is 1.42 bits per heavy atom. The van der Waals surface area contributed by atoms with Crippen molar-refractivity contribution in [2.75, 3.05) is 19.8 Å².